The van der Waals surface area contributed by atoms with E-state index in [-0.39, 0.29) is 24.5 Å². The molecule has 0 amide bonds. The molecule has 176 valence electrons. The van der Waals surface area contributed by atoms with E-state index in [2.05, 4.69) is 27.3 Å². The molecule has 34 heavy (non-hydrogen) atoms. The van der Waals surface area contributed by atoms with E-state index in [1.807, 2.05) is 24.3 Å². The summed E-state index contributed by atoms with van der Waals surface area (Å²) in [6.45, 7) is 0.269. The first-order valence-corrected chi connectivity index (χ1v) is 12.3. The molecule has 3 aromatic carbocycles. The van der Waals surface area contributed by atoms with Gasteiger partial charge in [-0.3, -0.25) is 0 Å². The minimum atomic E-state index is -0.591. The Hall–Kier alpha value is -2.28. The van der Waals surface area contributed by atoms with Crippen molar-refractivity contribution in [3.05, 3.63) is 97.5 Å². The highest BCUT2D eigenvalue weighted by Gasteiger charge is 2.39. The van der Waals surface area contributed by atoms with E-state index < -0.39 is 11.6 Å². The topological polar surface area (TPSA) is 30.5 Å². The van der Waals surface area contributed by atoms with Crippen molar-refractivity contribution in [2.75, 3.05) is 12.4 Å². The van der Waals surface area contributed by atoms with Crippen LogP contribution in [0.5, 0.6) is 11.5 Å². The summed E-state index contributed by atoms with van der Waals surface area (Å²) in [5.74, 6) is -0.0214. The van der Waals surface area contributed by atoms with Gasteiger partial charge >= 0.3 is 0 Å². The van der Waals surface area contributed by atoms with Crippen molar-refractivity contribution >= 4 is 44.8 Å². The first-order chi connectivity index (χ1) is 16.4. The Morgan fingerprint density at radius 3 is 2.68 bits per heavy atom. The Kier molecular flexibility index (Phi) is 6.49. The van der Waals surface area contributed by atoms with Crippen LogP contribution in [0.15, 0.2) is 59.1 Å². The number of rotatable bonds is 5. The van der Waals surface area contributed by atoms with Gasteiger partial charge in [0.2, 0.25) is 0 Å². The van der Waals surface area contributed by atoms with Gasteiger partial charge in [-0.15, -0.1) is 0 Å². The van der Waals surface area contributed by atoms with E-state index >= 15 is 0 Å². The van der Waals surface area contributed by atoms with Crippen LogP contribution < -0.4 is 14.8 Å². The van der Waals surface area contributed by atoms with Gasteiger partial charge in [-0.1, -0.05) is 41.4 Å². The molecule has 0 saturated heterocycles. The summed E-state index contributed by atoms with van der Waals surface area (Å²) >= 11 is 15.7. The molecule has 1 heterocycles. The average Bonchev–Trinajstić information content (AvgIpc) is 3.30. The average molecular weight is 567 g/mol. The number of hydrogen-bond acceptors (Lipinski definition) is 3. The van der Waals surface area contributed by atoms with Crippen molar-refractivity contribution in [3.63, 3.8) is 0 Å². The van der Waals surface area contributed by atoms with Crippen LogP contribution in [0.3, 0.4) is 0 Å². The first kappa shape index (κ1) is 23.5. The van der Waals surface area contributed by atoms with Gasteiger partial charge in [-0.2, -0.15) is 0 Å². The lowest BCUT2D eigenvalue weighted by Gasteiger charge is -2.38. The first-order valence-electron chi connectivity index (χ1n) is 10.7. The van der Waals surface area contributed by atoms with Crippen molar-refractivity contribution in [1.29, 1.82) is 0 Å². The maximum atomic E-state index is 14.7. The van der Waals surface area contributed by atoms with Crippen molar-refractivity contribution < 1.29 is 18.3 Å². The monoisotopic (exact) mass is 565 g/mol. The van der Waals surface area contributed by atoms with Crippen LogP contribution in [-0.2, 0) is 6.61 Å². The number of hydrogen-bond donors (Lipinski definition) is 1. The van der Waals surface area contributed by atoms with Gasteiger partial charge < -0.3 is 14.8 Å². The number of allylic oxidation sites excluding steroid dienone is 2. The third-order valence-corrected chi connectivity index (χ3v) is 7.69. The third kappa shape index (κ3) is 4.28. The Balaban J connectivity index is 1.46. The number of benzene rings is 3. The molecule has 1 aliphatic heterocycles. The summed E-state index contributed by atoms with van der Waals surface area (Å²) in [6, 6.07) is 11.3. The van der Waals surface area contributed by atoms with Gasteiger partial charge in [0.25, 0.3) is 0 Å². The smallest absolute Gasteiger partial charge is 0.175 e. The zero-order valence-corrected chi connectivity index (χ0v) is 21.1. The second kappa shape index (κ2) is 9.40. The quantitative estimate of drug-likeness (QED) is 0.314. The molecule has 0 radical (unpaired) electrons. The SMILES string of the molecule is COc1cc([C@@H]2Nc3c(F)cc(F)cc3[C@H]3C=CC[C@H]32)cc(Br)c1OCc1ccc(Cl)c(Cl)c1. The van der Waals surface area contributed by atoms with Crippen LogP contribution in [0.2, 0.25) is 10.0 Å². The molecule has 3 aromatic rings. The molecular formula is C26H20BrCl2F2NO2. The molecule has 3 nitrogen and oxygen atoms in total. The summed E-state index contributed by atoms with van der Waals surface area (Å²) in [4.78, 5) is 0. The van der Waals surface area contributed by atoms with Crippen LogP contribution in [0.4, 0.5) is 14.5 Å². The number of ether oxygens (including phenoxy) is 2. The van der Waals surface area contributed by atoms with Crippen molar-refractivity contribution in [3.8, 4) is 11.5 Å². The van der Waals surface area contributed by atoms with E-state index in [1.165, 1.54) is 6.07 Å². The van der Waals surface area contributed by atoms with Gasteiger partial charge in [-0.25, -0.2) is 8.78 Å². The Morgan fingerprint density at radius 1 is 1.09 bits per heavy atom. The molecule has 0 unspecified atom stereocenters. The van der Waals surface area contributed by atoms with Gasteiger partial charge in [-0.05, 0) is 75.3 Å². The predicted molar refractivity (Wildman–Crippen MR) is 134 cm³/mol. The Bertz CT molecular complexity index is 1300. The lowest BCUT2D eigenvalue weighted by Crippen LogP contribution is -2.30. The van der Waals surface area contributed by atoms with Crippen LogP contribution in [0.1, 0.15) is 35.1 Å². The van der Waals surface area contributed by atoms with Gasteiger partial charge in [0, 0.05) is 12.0 Å². The van der Waals surface area contributed by atoms with Crippen LogP contribution in [0, 0.1) is 17.6 Å². The zero-order chi connectivity index (χ0) is 24.0. The second-order valence-electron chi connectivity index (χ2n) is 8.40. The summed E-state index contributed by atoms with van der Waals surface area (Å²) in [7, 11) is 1.57. The zero-order valence-electron chi connectivity index (χ0n) is 18.0. The number of methoxy groups -OCH3 is 1. The molecule has 1 N–H and O–H groups in total. The molecule has 0 bridgehead atoms. The predicted octanol–water partition coefficient (Wildman–Crippen LogP) is 8.45. The Morgan fingerprint density at radius 2 is 1.91 bits per heavy atom. The molecule has 2 aliphatic rings. The van der Waals surface area contributed by atoms with Crippen LogP contribution in [0.25, 0.3) is 0 Å². The highest BCUT2D eigenvalue weighted by atomic mass is 79.9. The molecule has 1 aliphatic carbocycles. The van der Waals surface area contributed by atoms with E-state index in [0.717, 1.165) is 23.6 Å². The summed E-state index contributed by atoms with van der Waals surface area (Å²) in [5.41, 5.74) is 2.77. The number of nitrogens with one attached hydrogen (secondary N) is 1. The second-order valence-corrected chi connectivity index (χ2v) is 10.1. The molecule has 3 atom stereocenters. The normalized spacial score (nSPS) is 20.5. The molecular weight excluding hydrogens is 547 g/mol. The lowest BCUT2D eigenvalue weighted by molar-refractivity contribution is 0.282. The van der Waals surface area contributed by atoms with E-state index in [1.54, 1.807) is 19.2 Å². The van der Waals surface area contributed by atoms with E-state index in [0.29, 0.717) is 37.3 Å². The summed E-state index contributed by atoms with van der Waals surface area (Å²) < 4.78 is 41.0. The van der Waals surface area contributed by atoms with Gasteiger partial charge in [0.1, 0.15) is 18.2 Å². The van der Waals surface area contributed by atoms with E-state index in [4.69, 9.17) is 32.7 Å². The Labute approximate surface area is 214 Å². The fourth-order valence-corrected chi connectivity index (χ4v) is 5.69. The van der Waals surface area contributed by atoms with Crippen LogP contribution in [-0.4, -0.2) is 7.11 Å². The van der Waals surface area contributed by atoms with Crippen molar-refractivity contribution in [2.45, 2.75) is 25.0 Å². The maximum absolute atomic E-state index is 14.7. The molecule has 0 spiro atoms. The number of halogens is 5. The summed E-state index contributed by atoms with van der Waals surface area (Å²) in [5, 5.41) is 4.26. The van der Waals surface area contributed by atoms with Crippen molar-refractivity contribution in [2.24, 2.45) is 5.92 Å². The molecule has 5 rings (SSSR count). The fraction of sp³-hybridized carbons (Fsp3) is 0.231. The van der Waals surface area contributed by atoms with Gasteiger partial charge in [0.15, 0.2) is 11.5 Å². The summed E-state index contributed by atoms with van der Waals surface area (Å²) in [6.07, 6.45) is 4.91. The molecule has 8 heteroatoms. The van der Waals surface area contributed by atoms with Gasteiger partial charge in [0.05, 0.1) is 33.4 Å². The van der Waals surface area contributed by atoms with Crippen molar-refractivity contribution in [1.82, 2.24) is 0 Å². The minimum absolute atomic E-state index is 0.0678. The minimum Gasteiger partial charge on any atom is -0.493 e. The molecule has 0 saturated carbocycles. The van der Waals surface area contributed by atoms with Crippen LogP contribution >= 0.6 is 39.1 Å². The number of fused-ring (bicyclic) bond motifs is 3. The fourth-order valence-electron chi connectivity index (χ4n) is 4.80. The number of anilines is 1. The largest absolute Gasteiger partial charge is 0.493 e. The highest BCUT2D eigenvalue weighted by Crippen LogP contribution is 2.52. The third-order valence-electron chi connectivity index (χ3n) is 6.36. The highest BCUT2D eigenvalue weighted by molar-refractivity contribution is 9.10. The maximum Gasteiger partial charge on any atom is 0.175 e. The van der Waals surface area contributed by atoms with E-state index in [9.17, 15) is 8.78 Å². The molecule has 0 aromatic heterocycles. The lowest BCUT2D eigenvalue weighted by atomic mass is 9.77. The standard InChI is InChI=1S/C26H20BrCl2F2NO2/c1-33-23-9-14(8-19(27)26(23)34-12-13-5-6-20(28)21(29)7-13)24-17-4-2-3-16(17)18-10-15(30)11-22(31)25(18)32-24/h2-3,5-11,16-17,24,32H,4,12H2,1H3/t16-,17+,24-/m0/s1. The molecule has 0 fully saturated rings.